The summed E-state index contributed by atoms with van der Waals surface area (Å²) in [6.45, 7) is 7.22. The zero-order valence-electron chi connectivity index (χ0n) is 12.1. The number of nitrogens with zero attached hydrogens (tertiary/aromatic N) is 1. The molecule has 0 aromatic heterocycles. The van der Waals surface area contributed by atoms with Gasteiger partial charge in [0.2, 0.25) is 5.11 Å². The van der Waals surface area contributed by atoms with Crippen LogP contribution in [0.15, 0.2) is 18.2 Å². The smallest absolute Gasteiger partial charge is 0.329 e. The summed E-state index contributed by atoms with van der Waals surface area (Å²) in [5.74, 6) is -0.405. The van der Waals surface area contributed by atoms with Gasteiger partial charge < -0.3 is 10.2 Å². The van der Waals surface area contributed by atoms with Crippen LogP contribution >= 0.6 is 23.8 Å². The molecule has 0 saturated carbocycles. The number of thiocarbonyl (C=S) groups is 1. The second kappa shape index (κ2) is 7.45. The SMILES string of the molecule is CCC(C)N(OC(C)=O)C(=S)Nc1cc(Cl)ccc1C. The molecule has 1 rings (SSSR count). The minimum absolute atomic E-state index is 0.0154. The topological polar surface area (TPSA) is 41.6 Å². The van der Waals surface area contributed by atoms with Crippen molar-refractivity contribution in [1.82, 2.24) is 5.06 Å². The molecule has 0 amide bonds. The molecule has 20 heavy (non-hydrogen) atoms. The van der Waals surface area contributed by atoms with E-state index >= 15 is 0 Å². The summed E-state index contributed by atoms with van der Waals surface area (Å²) < 4.78 is 0. The van der Waals surface area contributed by atoms with Crippen LogP contribution in [-0.2, 0) is 9.63 Å². The second-order valence-corrected chi connectivity index (χ2v) is 5.38. The fourth-order valence-electron chi connectivity index (χ4n) is 1.54. The van der Waals surface area contributed by atoms with E-state index < -0.39 is 5.97 Å². The lowest BCUT2D eigenvalue weighted by atomic mass is 10.2. The van der Waals surface area contributed by atoms with Crippen LogP contribution in [0, 0.1) is 6.92 Å². The van der Waals surface area contributed by atoms with Crippen molar-refractivity contribution < 1.29 is 9.63 Å². The second-order valence-electron chi connectivity index (χ2n) is 4.56. The van der Waals surface area contributed by atoms with Crippen LogP contribution in [0.2, 0.25) is 5.02 Å². The van der Waals surface area contributed by atoms with E-state index in [4.69, 9.17) is 28.7 Å². The van der Waals surface area contributed by atoms with Gasteiger partial charge in [-0.1, -0.05) is 24.6 Å². The van der Waals surface area contributed by atoms with Gasteiger partial charge in [-0.25, -0.2) is 0 Å². The number of benzene rings is 1. The van der Waals surface area contributed by atoms with Crippen LogP contribution in [0.3, 0.4) is 0 Å². The number of hydrogen-bond donors (Lipinski definition) is 1. The fraction of sp³-hybridized carbons (Fsp3) is 0.429. The highest BCUT2D eigenvalue weighted by Crippen LogP contribution is 2.21. The summed E-state index contributed by atoms with van der Waals surface area (Å²) in [6, 6.07) is 5.47. The molecule has 0 aliphatic rings. The van der Waals surface area contributed by atoms with E-state index in [-0.39, 0.29) is 6.04 Å². The van der Waals surface area contributed by atoms with Gasteiger partial charge >= 0.3 is 5.97 Å². The summed E-state index contributed by atoms with van der Waals surface area (Å²) in [5, 5.41) is 5.43. The average molecular weight is 315 g/mol. The standard InChI is InChI=1S/C14H19ClN2O2S/c1-5-10(3)17(19-11(4)18)14(20)16-13-8-12(15)7-6-9(13)2/h6-8,10H,5H2,1-4H3,(H,16,20). The normalized spacial score (nSPS) is 11.7. The van der Waals surface area contributed by atoms with Crippen LogP contribution in [0.4, 0.5) is 5.69 Å². The molecule has 1 aromatic carbocycles. The van der Waals surface area contributed by atoms with Gasteiger partial charge in [0.1, 0.15) is 0 Å². The molecule has 1 unspecified atom stereocenters. The molecule has 6 heteroatoms. The zero-order valence-corrected chi connectivity index (χ0v) is 13.6. The molecule has 0 saturated heterocycles. The number of hydrogen-bond acceptors (Lipinski definition) is 3. The third-order valence-corrected chi connectivity index (χ3v) is 3.38. The van der Waals surface area contributed by atoms with E-state index in [1.54, 1.807) is 6.07 Å². The molecule has 0 heterocycles. The first-order valence-corrected chi connectivity index (χ1v) is 7.18. The van der Waals surface area contributed by atoms with Crippen molar-refractivity contribution >= 4 is 40.6 Å². The Kier molecular flexibility index (Phi) is 6.23. The van der Waals surface area contributed by atoms with E-state index in [0.717, 1.165) is 17.7 Å². The Hall–Kier alpha value is -1.33. The Labute approximate surface area is 130 Å². The fourth-order valence-corrected chi connectivity index (χ4v) is 2.03. The molecular formula is C14H19ClN2O2S. The number of rotatable bonds is 3. The maximum atomic E-state index is 11.2. The lowest BCUT2D eigenvalue weighted by Crippen LogP contribution is -2.42. The van der Waals surface area contributed by atoms with Crippen molar-refractivity contribution in [2.75, 3.05) is 5.32 Å². The third-order valence-electron chi connectivity index (χ3n) is 2.86. The number of carbonyl (C=O) groups is 1. The molecule has 0 aliphatic carbocycles. The van der Waals surface area contributed by atoms with Crippen molar-refractivity contribution in [1.29, 1.82) is 0 Å². The average Bonchev–Trinajstić information content (AvgIpc) is 2.39. The number of aryl methyl sites for hydroxylation is 1. The van der Waals surface area contributed by atoms with Crippen LogP contribution in [0.25, 0.3) is 0 Å². The lowest BCUT2D eigenvalue weighted by molar-refractivity contribution is -0.175. The zero-order chi connectivity index (χ0) is 15.3. The molecule has 0 bridgehead atoms. The predicted molar refractivity (Wildman–Crippen MR) is 85.8 cm³/mol. The van der Waals surface area contributed by atoms with Gasteiger partial charge in [-0.05, 0) is 50.2 Å². The number of halogens is 1. The first-order chi connectivity index (χ1) is 9.35. The van der Waals surface area contributed by atoms with Gasteiger partial charge in [0, 0.05) is 17.6 Å². The lowest BCUT2D eigenvalue weighted by Gasteiger charge is -2.28. The van der Waals surface area contributed by atoms with Crippen molar-refractivity contribution in [3.8, 4) is 0 Å². The van der Waals surface area contributed by atoms with E-state index in [2.05, 4.69) is 5.32 Å². The molecule has 1 N–H and O–H groups in total. The Morgan fingerprint density at radius 3 is 2.75 bits per heavy atom. The van der Waals surface area contributed by atoms with E-state index in [1.165, 1.54) is 12.0 Å². The maximum absolute atomic E-state index is 11.2. The molecular weight excluding hydrogens is 296 g/mol. The van der Waals surface area contributed by atoms with Crippen LogP contribution in [-0.4, -0.2) is 22.2 Å². The monoisotopic (exact) mass is 314 g/mol. The molecule has 4 nitrogen and oxygen atoms in total. The van der Waals surface area contributed by atoms with Crippen molar-refractivity contribution in [3.05, 3.63) is 28.8 Å². The van der Waals surface area contributed by atoms with Crippen LogP contribution in [0.5, 0.6) is 0 Å². The van der Waals surface area contributed by atoms with Crippen molar-refractivity contribution in [2.45, 2.75) is 40.2 Å². The molecule has 0 spiro atoms. The quantitative estimate of drug-likeness (QED) is 0.676. The summed E-state index contributed by atoms with van der Waals surface area (Å²) in [4.78, 5) is 16.3. The first-order valence-electron chi connectivity index (χ1n) is 6.40. The molecule has 1 atom stereocenters. The van der Waals surface area contributed by atoms with Gasteiger partial charge in [-0.15, -0.1) is 0 Å². The number of hydroxylamine groups is 2. The molecule has 1 aromatic rings. The van der Waals surface area contributed by atoms with E-state index in [0.29, 0.717) is 10.1 Å². The number of anilines is 1. The largest absolute Gasteiger partial charge is 0.339 e. The summed E-state index contributed by atoms with van der Waals surface area (Å²) in [7, 11) is 0. The Bertz CT molecular complexity index is 508. The predicted octanol–water partition coefficient (Wildman–Crippen LogP) is 3.92. The van der Waals surface area contributed by atoms with Crippen LogP contribution in [0.1, 0.15) is 32.8 Å². The minimum atomic E-state index is -0.405. The molecule has 0 fully saturated rings. The summed E-state index contributed by atoms with van der Waals surface area (Å²) >= 11 is 11.3. The molecule has 110 valence electrons. The summed E-state index contributed by atoms with van der Waals surface area (Å²) in [5.41, 5.74) is 1.80. The highest BCUT2D eigenvalue weighted by Gasteiger charge is 2.19. The van der Waals surface area contributed by atoms with Gasteiger partial charge in [0.25, 0.3) is 0 Å². The van der Waals surface area contributed by atoms with Crippen LogP contribution < -0.4 is 5.32 Å². The Balaban J connectivity index is 2.90. The number of nitrogens with one attached hydrogen (secondary N) is 1. The Morgan fingerprint density at radius 2 is 2.20 bits per heavy atom. The van der Waals surface area contributed by atoms with Gasteiger partial charge in [-0.3, -0.25) is 4.79 Å². The maximum Gasteiger partial charge on any atom is 0.329 e. The minimum Gasteiger partial charge on any atom is -0.339 e. The molecule has 0 aliphatic heterocycles. The molecule has 0 radical (unpaired) electrons. The first kappa shape index (κ1) is 16.7. The third kappa shape index (κ3) is 4.65. The van der Waals surface area contributed by atoms with E-state index in [9.17, 15) is 4.79 Å². The highest BCUT2D eigenvalue weighted by atomic mass is 35.5. The summed E-state index contributed by atoms with van der Waals surface area (Å²) in [6.07, 6.45) is 0.795. The Morgan fingerprint density at radius 1 is 1.55 bits per heavy atom. The number of carbonyl (C=O) groups excluding carboxylic acids is 1. The van der Waals surface area contributed by atoms with Crippen molar-refractivity contribution in [3.63, 3.8) is 0 Å². The van der Waals surface area contributed by atoms with Gasteiger partial charge in [0.15, 0.2) is 0 Å². The van der Waals surface area contributed by atoms with Crippen molar-refractivity contribution in [2.24, 2.45) is 0 Å². The van der Waals surface area contributed by atoms with Gasteiger partial charge in [-0.2, -0.15) is 5.06 Å². The van der Waals surface area contributed by atoms with E-state index in [1.807, 2.05) is 32.9 Å². The van der Waals surface area contributed by atoms with Gasteiger partial charge in [0.05, 0.1) is 6.04 Å². The highest BCUT2D eigenvalue weighted by molar-refractivity contribution is 7.80.